The summed E-state index contributed by atoms with van der Waals surface area (Å²) in [6.45, 7) is 1.14. The molecule has 0 saturated carbocycles. The predicted octanol–water partition coefficient (Wildman–Crippen LogP) is 2.72. The average molecular weight is 255 g/mol. The van der Waals surface area contributed by atoms with Crippen LogP contribution >= 0.6 is 0 Å². The first-order valence-corrected chi connectivity index (χ1v) is 5.95. The van der Waals surface area contributed by atoms with Crippen LogP contribution in [0.4, 0.5) is 4.39 Å². The number of hydrogen-bond acceptors (Lipinski definition) is 3. The SMILES string of the molecule is CN(Cc1cccnc1)Cc1cc(C#N)ccc1F. The molecule has 0 aliphatic heterocycles. The van der Waals surface area contributed by atoms with Crippen molar-refractivity contribution in [3.05, 3.63) is 65.2 Å². The fourth-order valence-electron chi connectivity index (χ4n) is 1.92. The molecule has 1 heterocycles. The van der Waals surface area contributed by atoms with Crippen LogP contribution in [-0.2, 0) is 13.1 Å². The van der Waals surface area contributed by atoms with Crippen LogP contribution in [0.1, 0.15) is 16.7 Å². The van der Waals surface area contributed by atoms with E-state index in [1.807, 2.05) is 30.1 Å². The lowest BCUT2D eigenvalue weighted by atomic mass is 10.1. The number of halogens is 1. The lowest BCUT2D eigenvalue weighted by molar-refractivity contribution is 0.313. The Balaban J connectivity index is 2.07. The van der Waals surface area contributed by atoms with Crippen molar-refractivity contribution in [2.24, 2.45) is 0 Å². The first kappa shape index (κ1) is 13.2. The quantitative estimate of drug-likeness (QED) is 0.843. The van der Waals surface area contributed by atoms with Gasteiger partial charge in [0.2, 0.25) is 0 Å². The monoisotopic (exact) mass is 255 g/mol. The van der Waals surface area contributed by atoms with Crippen LogP contribution < -0.4 is 0 Å². The molecule has 1 aromatic heterocycles. The van der Waals surface area contributed by atoms with Crippen LogP contribution in [-0.4, -0.2) is 16.9 Å². The smallest absolute Gasteiger partial charge is 0.127 e. The molecule has 19 heavy (non-hydrogen) atoms. The van der Waals surface area contributed by atoms with Crippen molar-refractivity contribution >= 4 is 0 Å². The summed E-state index contributed by atoms with van der Waals surface area (Å²) in [5.41, 5.74) is 2.08. The Morgan fingerprint density at radius 2 is 2.16 bits per heavy atom. The minimum absolute atomic E-state index is 0.281. The van der Waals surface area contributed by atoms with Gasteiger partial charge in [0.25, 0.3) is 0 Å². The molecule has 96 valence electrons. The van der Waals surface area contributed by atoms with E-state index in [2.05, 4.69) is 4.98 Å². The summed E-state index contributed by atoms with van der Waals surface area (Å²) in [6.07, 6.45) is 3.51. The molecule has 0 unspecified atom stereocenters. The van der Waals surface area contributed by atoms with E-state index in [1.165, 1.54) is 12.1 Å². The highest BCUT2D eigenvalue weighted by Gasteiger charge is 2.07. The number of pyridine rings is 1. The van der Waals surface area contributed by atoms with E-state index in [-0.39, 0.29) is 5.82 Å². The van der Waals surface area contributed by atoms with Crippen molar-refractivity contribution in [3.8, 4) is 6.07 Å². The number of nitriles is 1. The fraction of sp³-hybridized carbons (Fsp3) is 0.200. The molecular weight excluding hydrogens is 241 g/mol. The Bertz CT molecular complexity index is 590. The van der Waals surface area contributed by atoms with Gasteiger partial charge in [0.05, 0.1) is 11.6 Å². The van der Waals surface area contributed by atoms with Crippen molar-refractivity contribution in [2.45, 2.75) is 13.1 Å². The molecule has 2 rings (SSSR count). The average Bonchev–Trinajstić information content (AvgIpc) is 2.42. The van der Waals surface area contributed by atoms with Crippen molar-refractivity contribution < 1.29 is 4.39 Å². The molecule has 0 N–H and O–H groups in total. The van der Waals surface area contributed by atoms with E-state index in [0.29, 0.717) is 24.2 Å². The third kappa shape index (κ3) is 3.60. The summed E-state index contributed by atoms with van der Waals surface area (Å²) < 4.78 is 13.7. The number of aromatic nitrogens is 1. The van der Waals surface area contributed by atoms with Gasteiger partial charge in [0, 0.05) is 31.0 Å². The standard InChI is InChI=1S/C15H14FN3/c1-19(10-13-3-2-6-18-9-13)11-14-7-12(8-17)4-5-15(14)16/h2-7,9H,10-11H2,1H3. The Morgan fingerprint density at radius 1 is 1.32 bits per heavy atom. The van der Waals surface area contributed by atoms with Crippen LogP contribution in [0.5, 0.6) is 0 Å². The Labute approximate surface area is 111 Å². The highest BCUT2D eigenvalue weighted by atomic mass is 19.1. The zero-order valence-electron chi connectivity index (χ0n) is 10.7. The number of nitrogens with zero attached hydrogens (tertiary/aromatic N) is 3. The molecule has 2 aromatic rings. The minimum Gasteiger partial charge on any atom is -0.298 e. The van der Waals surface area contributed by atoms with Gasteiger partial charge in [-0.15, -0.1) is 0 Å². The minimum atomic E-state index is -0.281. The summed E-state index contributed by atoms with van der Waals surface area (Å²) in [6, 6.07) is 10.3. The van der Waals surface area contributed by atoms with Gasteiger partial charge in [-0.05, 0) is 36.9 Å². The lowest BCUT2D eigenvalue weighted by Crippen LogP contribution is -2.18. The largest absolute Gasteiger partial charge is 0.298 e. The van der Waals surface area contributed by atoms with Crippen molar-refractivity contribution in [2.75, 3.05) is 7.05 Å². The van der Waals surface area contributed by atoms with E-state index in [1.54, 1.807) is 18.5 Å². The molecule has 0 amide bonds. The highest BCUT2D eigenvalue weighted by molar-refractivity contribution is 5.33. The zero-order valence-corrected chi connectivity index (χ0v) is 10.7. The Hall–Kier alpha value is -2.25. The number of hydrogen-bond donors (Lipinski definition) is 0. The van der Waals surface area contributed by atoms with Gasteiger partial charge in [0.1, 0.15) is 5.82 Å². The molecule has 0 atom stereocenters. The van der Waals surface area contributed by atoms with Crippen LogP contribution in [0.2, 0.25) is 0 Å². The first-order valence-electron chi connectivity index (χ1n) is 5.95. The van der Waals surface area contributed by atoms with E-state index in [0.717, 1.165) is 5.56 Å². The number of benzene rings is 1. The first-order chi connectivity index (χ1) is 9.19. The molecule has 0 saturated heterocycles. The predicted molar refractivity (Wildman–Crippen MR) is 70.5 cm³/mol. The molecule has 0 aliphatic carbocycles. The maximum atomic E-state index is 13.7. The zero-order chi connectivity index (χ0) is 13.7. The van der Waals surface area contributed by atoms with E-state index < -0.39 is 0 Å². The second-order valence-corrected chi connectivity index (χ2v) is 4.45. The second kappa shape index (κ2) is 6.07. The summed E-state index contributed by atoms with van der Waals surface area (Å²) in [4.78, 5) is 6.03. The third-order valence-electron chi connectivity index (χ3n) is 2.79. The molecule has 4 heteroatoms. The maximum Gasteiger partial charge on any atom is 0.127 e. The molecule has 0 radical (unpaired) electrons. The molecule has 1 aromatic carbocycles. The van der Waals surface area contributed by atoms with Gasteiger partial charge >= 0.3 is 0 Å². The Morgan fingerprint density at radius 3 is 2.84 bits per heavy atom. The summed E-state index contributed by atoms with van der Waals surface area (Å²) >= 11 is 0. The topological polar surface area (TPSA) is 39.9 Å². The maximum absolute atomic E-state index is 13.7. The summed E-state index contributed by atoms with van der Waals surface area (Å²) in [5.74, 6) is -0.281. The Kier molecular flexibility index (Phi) is 4.22. The van der Waals surface area contributed by atoms with E-state index >= 15 is 0 Å². The normalized spacial score (nSPS) is 10.4. The summed E-state index contributed by atoms with van der Waals surface area (Å²) in [5, 5.41) is 8.83. The molecule has 0 fully saturated rings. The summed E-state index contributed by atoms with van der Waals surface area (Å²) in [7, 11) is 1.91. The highest BCUT2D eigenvalue weighted by Crippen LogP contribution is 2.13. The lowest BCUT2D eigenvalue weighted by Gasteiger charge is -2.17. The van der Waals surface area contributed by atoms with Crippen LogP contribution in [0.15, 0.2) is 42.7 Å². The molecule has 0 bridgehead atoms. The van der Waals surface area contributed by atoms with Crippen LogP contribution in [0.25, 0.3) is 0 Å². The van der Waals surface area contributed by atoms with Crippen LogP contribution in [0.3, 0.4) is 0 Å². The molecule has 0 aliphatic rings. The van der Waals surface area contributed by atoms with Gasteiger partial charge in [-0.25, -0.2) is 4.39 Å². The third-order valence-corrected chi connectivity index (χ3v) is 2.79. The van der Waals surface area contributed by atoms with E-state index in [9.17, 15) is 4.39 Å². The molecule has 3 nitrogen and oxygen atoms in total. The van der Waals surface area contributed by atoms with Crippen molar-refractivity contribution in [1.29, 1.82) is 5.26 Å². The van der Waals surface area contributed by atoms with Gasteiger partial charge < -0.3 is 0 Å². The fourth-order valence-corrected chi connectivity index (χ4v) is 1.92. The van der Waals surface area contributed by atoms with Crippen molar-refractivity contribution in [1.82, 2.24) is 9.88 Å². The second-order valence-electron chi connectivity index (χ2n) is 4.45. The van der Waals surface area contributed by atoms with Crippen LogP contribution in [0, 0.1) is 17.1 Å². The van der Waals surface area contributed by atoms with E-state index in [4.69, 9.17) is 5.26 Å². The molecule has 0 spiro atoms. The molecular formula is C15H14FN3. The van der Waals surface area contributed by atoms with Gasteiger partial charge in [-0.3, -0.25) is 9.88 Å². The van der Waals surface area contributed by atoms with Gasteiger partial charge in [0.15, 0.2) is 0 Å². The van der Waals surface area contributed by atoms with Gasteiger partial charge in [-0.1, -0.05) is 6.07 Å². The number of rotatable bonds is 4. The van der Waals surface area contributed by atoms with Gasteiger partial charge in [-0.2, -0.15) is 5.26 Å². The van der Waals surface area contributed by atoms with Crippen molar-refractivity contribution in [3.63, 3.8) is 0 Å².